The van der Waals surface area contributed by atoms with Crippen LogP contribution in [0, 0.1) is 0 Å². The zero-order valence-electron chi connectivity index (χ0n) is 33.3. The molecule has 2 N–H and O–H groups in total. The smallest absolute Gasteiger partial charge is 0.317 e. The molecular formula is C41H48N6O11. The van der Waals surface area contributed by atoms with E-state index in [1.54, 1.807) is 56.1 Å². The van der Waals surface area contributed by atoms with Crippen molar-refractivity contribution >= 4 is 35.4 Å². The minimum atomic E-state index is -1.07. The molecule has 1 fully saturated rings. The molecule has 6 rings (SSSR count). The molecule has 1 unspecified atom stereocenters. The third-order valence-electron chi connectivity index (χ3n) is 10.5. The number of likely N-dealkylation sites (N-methyl/N-ethyl adjacent to an activating group) is 1. The number of imide groups is 2. The molecule has 1 atom stereocenters. The summed E-state index contributed by atoms with van der Waals surface area (Å²) < 4.78 is 24.7. The fourth-order valence-corrected chi connectivity index (χ4v) is 7.66. The van der Waals surface area contributed by atoms with Crippen molar-refractivity contribution in [3.63, 3.8) is 0 Å². The SMILES string of the molecule is CNC(=O)N1CCc2c(c(-c3cc(OC)c(CN(C)CC(=O)CCCOCCOc4cccc5c4C(=O)N(C4CCC(=O)NC4=O)C5=O)c(OC)c3)cn(C)c2=O)C1. The Labute approximate surface area is 335 Å². The number of Topliss-reactive ketones (excluding diaryl/α,β-unsaturated/α-hetero) is 1. The van der Waals surface area contributed by atoms with E-state index in [9.17, 15) is 33.6 Å². The lowest BCUT2D eigenvalue weighted by molar-refractivity contribution is -0.136. The van der Waals surface area contributed by atoms with Crippen molar-refractivity contribution in [1.82, 2.24) is 29.9 Å². The summed E-state index contributed by atoms with van der Waals surface area (Å²) >= 11 is 0. The van der Waals surface area contributed by atoms with Gasteiger partial charge in [0.25, 0.3) is 17.4 Å². The third kappa shape index (κ3) is 8.60. The number of nitrogens with one attached hydrogen (secondary N) is 2. The number of aryl methyl sites for hydroxylation is 1. The third-order valence-corrected chi connectivity index (χ3v) is 10.5. The highest BCUT2D eigenvalue weighted by Crippen LogP contribution is 2.38. The van der Waals surface area contributed by atoms with E-state index in [-0.39, 0.29) is 79.8 Å². The van der Waals surface area contributed by atoms with Crippen molar-refractivity contribution in [3.8, 4) is 28.4 Å². The summed E-state index contributed by atoms with van der Waals surface area (Å²) in [4.78, 5) is 93.2. The number of carbonyl (C=O) groups is 6. The van der Waals surface area contributed by atoms with Gasteiger partial charge in [0.15, 0.2) is 0 Å². The number of pyridine rings is 1. The fraction of sp³-hybridized carbons (Fsp3) is 0.439. The number of hydrogen-bond donors (Lipinski definition) is 2. The number of fused-ring (bicyclic) bond motifs is 2. The van der Waals surface area contributed by atoms with E-state index >= 15 is 0 Å². The largest absolute Gasteiger partial charge is 0.496 e. The number of aromatic nitrogens is 1. The van der Waals surface area contributed by atoms with Gasteiger partial charge in [-0.1, -0.05) is 6.07 Å². The lowest BCUT2D eigenvalue weighted by Gasteiger charge is -2.30. The first-order valence-electron chi connectivity index (χ1n) is 19.0. The second-order valence-corrected chi connectivity index (χ2v) is 14.4. The molecule has 3 aliphatic heterocycles. The molecule has 0 radical (unpaired) electrons. The quantitative estimate of drug-likeness (QED) is 0.158. The van der Waals surface area contributed by atoms with E-state index < -0.39 is 29.7 Å². The van der Waals surface area contributed by atoms with E-state index in [0.717, 1.165) is 27.2 Å². The summed E-state index contributed by atoms with van der Waals surface area (Å²) in [7, 11) is 8.24. The van der Waals surface area contributed by atoms with E-state index in [1.165, 1.54) is 6.07 Å². The number of carbonyl (C=O) groups excluding carboxylic acids is 6. The zero-order chi connectivity index (χ0) is 41.7. The second kappa shape index (κ2) is 18.0. The zero-order valence-corrected chi connectivity index (χ0v) is 33.3. The summed E-state index contributed by atoms with van der Waals surface area (Å²) in [6, 6.07) is 7.12. The maximum atomic E-state index is 13.3. The molecule has 3 aliphatic rings. The number of ketones is 1. The van der Waals surface area contributed by atoms with Gasteiger partial charge in [-0.25, -0.2) is 4.79 Å². The van der Waals surface area contributed by atoms with Gasteiger partial charge in [-0.05, 0) is 61.7 Å². The van der Waals surface area contributed by atoms with Crippen LogP contribution in [0.5, 0.6) is 17.2 Å². The van der Waals surface area contributed by atoms with Crippen LogP contribution in [0.25, 0.3) is 11.1 Å². The summed E-state index contributed by atoms with van der Waals surface area (Å²) in [5.74, 6) is -1.10. The molecule has 0 aliphatic carbocycles. The highest BCUT2D eigenvalue weighted by atomic mass is 16.5. The molecule has 3 aromatic rings. The topological polar surface area (TPSA) is 195 Å². The number of hydrogen-bond acceptors (Lipinski definition) is 12. The average Bonchev–Trinajstić information content (AvgIpc) is 3.47. The maximum absolute atomic E-state index is 13.3. The normalized spacial score (nSPS) is 16.3. The molecule has 6 amide bonds. The first kappa shape index (κ1) is 41.6. The Balaban J connectivity index is 0.992. The van der Waals surface area contributed by atoms with Crippen LogP contribution in [0.4, 0.5) is 4.79 Å². The molecule has 0 bridgehead atoms. The predicted molar refractivity (Wildman–Crippen MR) is 209 cm³/mol. The number of piperidine rings is 1. The van der Waals surface area contributed by atoms with E-state index in [0.29, 0.717) is 49.6 Å². The Morgan fingerprint density at radius 1 is 0.931 bits per heavy atom. The van der Waals surface area contributed by atoms with Crippen molar-refractivity contribution in [1.29, 1.82) is 0 Å². The van der Waals surface area contributed by atoms with Gasteiger partial charge in [0.2, 0.25) is 11.8 Å². The monoisotopic (exact) mass is 800 g/mol. The molecule has 308 valence electrons. The summed E-state index contributed by atoms with van der Waals surface area (Å²) in [6.07, 6.45) is 3.05. The van der Waals surface area contributed by atoms with Gasteiger partial charge in [-0.3, -0.25) is 43.9 Å². The Morgan fingerprint density at radius 3 is 2.36 bits per heavy atom. The number of nitrogens with zero attached hydrogens (tertiary/aromatic N) is 4. The van der Waals surface area contributed by atoms with E-state index in [1.807, 2.05) is 24.1 Å². The lowest BCUT2D eigenvalue weighted by atomic mass is 9.92. The number of benzene rings is 2. The van der Waals surface area contributed by atoms with Crippen molar-refractivity contribution in [2.24, 2.45) is 7.05 Å². The molecule has 4 heterocycles. The van der Waals surface area contributed by atoms with Crippen molar-refractivity contribution in [2.75, 3.05) is 61.2 Å². The molecule has 0 spiro atoms. The minimum absolute atomic E-state index is 0.0120. The number of methoxy groups -OCH3 is 2. The van der Waals surface area contributed by atoms with Crippen LogP contribution >= 0.6 is 0 Å². The van der Waals surface area contributed by atoms with E-state index in [4.69, 9.17) is 18.9 Å². The lowest BCUT2D eigenvalue weighted by Crippen LogP contribution is -2.54. The molecule has 58 heavy (non-hydrogen) atoms. The molecule has 1 aromatic heterocycles. The highest BCUT2D eigenvalue weighted by molar-refractivity contribution is 6.24. The molecule has 2 aromatic carbocycles. The molecule has 17 heteroatoms. The van der Waals surface area contributed by atoms with Crippen molar-refractivity contribution in [3.05, 3.63) is 74.7 Å². The Hall–Kier alpha value is -6.07. The fourth-order valence-electron chi connectivity index (χ4n) is 7.66. The van der Waals surface area contributed by atoms with Gasteiger partial charge in [-0.15, -0.1) is 0 Å². The van der Waals surface area contributed by atoms with Crippen molar-refractivity contribution < 1.29 is 47.7 Å². The highest BCUT2D eigenvalue weighted by Gasteiger charge is 2.46. The number of amides is 6. The number of urea groups is 1. The van der Waals surface area contributed by atoms with Gasteiger partial charge in [-0.2, -0.15) is 0 Å². The van der Waals surface area contributed by atoms with Gasteiger partial charge >= 0.3 is 6.03 Å². The van der Waals surface area contributed by atoms with Gasteiger partial charge < -0.3 is 33.7 Å². The van der Waals surface area contributed by atoms with Gasteiger partial charge in [0.1, 0.15) is 35.7 Å². The van der Waals surface area contributed by atoms with Crippen LogP contribution in [0.15, 0.2) is 41.3 Å². The van der Waals surface area contributed by atoms with Crippen LogP contribution in [-0.2, 0) is 45.7 Å². The Morgan fingerprint density at radius 2 is 1.67 bits per heavy atom. The first-order chi connectivity index (χ1) is 27.9. The summed E-state index contributed by atoms with van der Waals surface area (Å²) in [5.41, 5.74) is 3.86. The standard InChI is InChI=1S/C41H48N6O11/c1-42-41(54)46-14-13-26-29(23-46)28(22-45(3)38(26)51)24-18-33(55-4)30(34(19-24)56-5)21-44(2)20-25(48)8-7-15-57-16-17-58-32-10-6-9-27-36(32)40(53)47(39(27)52)31-11-12-35(49)43-37(31)50/h6,9-10,18-19,22,31H,7-8,11-17,20-21,23H2,1-5H3,(H,42,54)(H,43,49,50). The van der Waals surface area contributed by atoms with E-state index in [2.05, 4.69) is 10.6 Å². The number of ether oxygens (including phenoxy) is 4. The van der Waals surface area contributed by atoms with Gasteiger partial charge in [0, 0.05) is 70.5 Å². The maximum Gasteiger partial charge on any atom is 0.317 e. The predicted octanol–water partition coefficient (Wildman–Crippen LogP) is 2.04. The molecular weight excluding hydrogens is 752 g/mol. The van der Waals surface area contributed by atoms with Crippen LogP contribution in [0.2, 0.25) is 0 Å². The molecule has 0 saturated carbocycles. The average molecular weight is 801 g/mol. The van der Waals surface area contributed by atoms with Crippen LogP contribution in [-0.4, -0.2) is 122 Å². The molecule has 1 saturated heterocycles. The summed E-state index contributed by atoms with van der Waals surface area (Å²) in [5, 5.41) is 4.84. The number of rotatable bonds is 16. The Kier molecular flexibility index (Phi) is 12.9. The van der Waals surface area contributed by atoms with Crippen LogP contribution in [0.3, 0.4) is 0 Å². The van der Waals surface area contributed by atoms with Crippen molar-refractivity contribution in [2.45, 2.75) is 51.2 Å². The first-order valence-corrected chi connectivity index (χ1v) is 19.0. The van der Waals surface area contributed by atoms with Gasteiger partial charge in [0.05, 0.1) is 44.1 Å². The van der Waals surface area contributed by atoms with Crippen LogP contribution < -0.4 is 30.4 Å². The molecule has 17 nitrogen and oxygen atoms in total. The summed E-state index contributed by atoms with van der Waals surface area (Å²) in [6.45, 7) is 1.78. The Bertz CT molecular complexity index is 2180. The van der Waals surface area contributed by atoms with Crippen LogP contribution in [0.1, 0.15) is 63.1 Å². The minimum Gasteiger partial charge on any atom is -0.496 e. The second-order valence-electron chi connectivity index (χ2n) is 14.4.